The third kappa shape index (κ3) is 4.69. The summed E-state index contributed by atoms with van der Waals surface area (Å²) in [5, 5.41) is 2.99. The molecule has 1 fully saturated rings. The van der Waals surface area contributed by atoms with Gasteiger partial charge in [-0.05, 0) is 18.9 Å². The zero-order valence-corrected chi connectivity index (χ0v) is 14.4. The first-order chi connectivity index (χ1) is 11.5. The average molecular weight is 335 g/mol. The van der Waals surface area contributed by atoms with E-state index in [9.17, 15) is 14.0 Å². The van der Waals surface area contributed by atoms with Crippen LogP contribution in [0.5, 0.6) is 0 Å². The number of rotatable bonds is 6. The van der Waals surface area contributed by atoms with Crippen molar-refractivity contribution in [2.45, 2.75) is 45.7 Å². The summed E-state index contributed by atoms with van der Waals surface area (Å²) in [5.41, 5.74) is 0.498. The van der Waals surface area contributed by atoms with E-state index in [1.54, 1.807) is 28.0 Å². The lowest BCUT2D eigenvalue weighted by Gasteiger charge is -2.35. The molecule has 0 aromatic heterocycles. The predicted octanol–water partition coefficient (Wildman–Crippen LogP) is 2.76. The van der Waals surface area contributed by atoms with Crippen LogP contribution >= 0.6 is 0 Å². The number of piperazine rings is 1. The highest BCUT2D eigenvalue weighted by molar-refractivity contribution is 5.85. The minimum absolute atomic E-state index is 0.0445. The SMILES string of the molecule is CCC[C@H](CC)NC(=O)N1CCN(Cc2ccccc2F)C(=O)C1. The third-order valence-electron chi connectivity index (χ3n) is 4.38. The van der Waals surface area contributed by atoms with Gasteiger partial charge in [-0.25, -0.2) is 9.18 Å². The fourth-order valence-corrected chi connectivity index (χ4v) is 2.87. The van der Waals surface area contributed by atoms with Gasteiger partial charge in [-0.1, -0.05) is 38.5 Å². The van der Waals surface area contributed by atoms with Crippen molar-refractivity contribution in [3.63, 3.8) is 0 Å². The number of carbonyl (C=O) groups excluding carboxylic acids is 2. The van der Waals surface area contributed by atoms with Crippen LogP contribution in [-0.4, -0.2) is 47.4 Å². The van der Waals surface area contributed by atoms with Crippen molar-refractivity contribution in [2.24, 2.45) is 0 Å². The maximum Gasteiger partial charge on any atom is 0.318 e. The Labute approximate surface area is 142 Å². The lowest BCUT2D eigenvalue weighted by atomic mass is 10.1. The van der Waals surface area contributed by atoms with Gasteiger partial charge in [0.1, 0.15) is 12.4 Å². The Balaban J connectivity index is 1.89. The van der Waals surface area contributed by atoms with Crippen molar-refractivity contribution in [2.75, 3.05) is 19.6 Å². The van der Waals surface area contributed by atoms with Crippen molar-refractivity contribution in [1.29, 1.82) is 0 Å². The highest BCUT2D eigenvalue weighted by Crippen LogP contribution is 2.13. The first-order valence-electron chi connectivity index (χ1n) is 8.61. The topological polar surface area (TPSA) is 52.7 Å². The normalized spacial score (nSPS) is 16.2. The summed E-state index contributed by atoms with van der Waals surface area (Å²) in [6, 6.07) is 6.41. The van der Waals surface area contributed by atoms with Crippen LogP contribution in [0.2, 0.25) is 0 Å². The van der Waals surface area contributed by atoms with Crippen molar-refractivity contribution in [3.05, 3.63) is 35.6 Å². The van der Waals surface area contributed by atoms with E-state index in [2.05, 4.69) is 12.2 Å². The monoisotopic (exact) mass is 335 g/mol. The van der Waals surface area contributed by atoms with Gasteiger partial charge in [0.15, 0.2) is 0 Å². The van der Waals surface area contributed by atoms with Crippen LogP contribution in [0.25, 0.3) is 0 Å². The molecular weight excluding hydrogens is 309 g/mol. The summed E-state index contributed by atoms with van der Waals surface area (Å²) in [6.45, 7) is 5.30. The van der Waals surface area contributed by atoms with Gasteiger partial charge in [0.25, 0.3) is 0 Å². The second-order valence-electron chi connectivity index (χ2n) is 6.17. The van der Waals surface area contributed by atoms with E-state index < -0.39 is 0 Å². The van der Waals surface area contributed by atoms with Gasteiger partial charge in [0.05, 0.1) is 0 Å². The number of hydrogen-bond donors (Lipinski definition) is 1. The van der Waals surface area contributed by atoms with Crippen molar-refractivity contribution < 1.29 is 14.0 Å². The molecule has 3 amide bonds. The van der Waals surface area contributed by atoms with E-state index in [4.69, 9.17) is 0 Å². The average Bonchev–Trinajstić information content (AvgIpc) is 2.58. The van der Waals surface area contributed by atoms with Gasteiger partial charge in [0, 0.05) is 31.2 Å². The molecule has 24 heavy (non-hydrogen) atoms. The lowest BCUT2D eigenvalue weighted by Crippen LogP contribution is -2.55. The summed E-state index contributed by atoms with van der Waals surface area (Å²) < 4.78 is 13.7. The van der Waals surface area contributed by atoms with Crippen molar-refractivity contribution in [3.8, 4) is 0 Å². The molecule has 132 valence electrons. The number of nitrogens with zero attached hydrogens (tertiary/aromatic N) is 2. The molecule has 0 saturated carbocycles. The molecule has 1 saturated heterocycles. The molecule has 1 heterocycles. The molecule has 0 aliphatic carbocycles. The van der Waals surface area contributed by atoms with E-state index in [0.717, 1.165) is 19.3 Å². The first-order valence-corrected chi connectivity index (χ1v) is 8.61. The second kappa shape index (κ2) is 8.66. The molecule has 0 radical (unpaired) electrons. The molecule has 1 atom stereocenters. The summed E-state index contributed by atoms with van der Waals surface area (Å²) >= 11 is 0. The number of amides is 3. The van der Waals surface area contributed by atoms with Crippen LogP contribution in [0.1, 0.15) is 38.7 Å². The fourth-order valence-electron chi connectivity index (χ4n) is 2.87. The maximum absolute atomic E-state index is 13.7. The quantitative estimate of drug-likeness (QED) is 0.869. The van der Waals surface area contributed by atoms with Gasteiger partial charge in [0.2, 0.25) is 5.91 Å². The number of hydrogen-bond acceptors (Lipinski definition) is 2. The van der Waals surface area contributed by atoms with E-state index in [1.807, 2.05) is 6.92 Å². The molecule has 1 aliphatic heterocycles. The molecule has 1 aromatic carbocycles. The van der Waals surface area contributed by atoms with Crippen molar-refractivity contribution in [1.82, 2.24) is 15.1 Å². The molecule has 1 aromatic rings. The van der Waals surface area contributed by atoms with E-state index >= 15 is 0 Å². The zero-order chi connectivity index (χ0) is 17.5. The molecule has 1 aliphatic rings. The minimum Gasteiger partial charge on any atom is -0.335 e. The lowest BCUT2D eigenvalue weighted by molar-refractivity contribution is -0.135. The summed E-state index contributed by atoms with van der Waals surface area (Å²) in [6.07, 6.45) is 2.82. The van der Waals surface area contributed by atoms with E-state index in [-0.39, 0.29) is 36.9 Å². The molecule has 0 unspecified atom stereocenters. The summed E-state index contributed by atoms with van der Waals surface area (Å²) in [7, 11) is 0. The second-order valence-corrected chi connectivity index (χ2v) is 6.17. The molecule has 6 heteroatoms. The summed E-state index contributed by atoms with van der Waals surface area (Å²) in [4.78, 5) is 27.7. The van der Waals surface area contributed by atoms with Crippen LogP contribution in [0.15, 0.2) is 24.3 Å². The minimum atomic E-state index is -0.309. The van der Waals surface area contributed by atoms with Gasteiger partial charge in [-0.2, -0.15) is 0 Å². The number of benzene rings is 1. The molecule has 2 rings (SSSR count). The van der Waals surface area contributed by atoms with Crippen LogP contribution in [0.3, 0.4) is 0 Å². The number of halogens is 1. The third-order valence-corrected chi connectivity index (χ3v) is 4.38. The number of nitrogens with one attached hydrogen (secondary N) is 1. The van der Waals surface area contributed by atoms with E-state index in [1.165, 1.54) is 6.07 Å². The smallest absolute Gasteiger partial charge is 0.318 e. The standard InChI is InChI=1S/C18H26FN3O2/c1-3-7-15(4-2)20-18(24)22-11-10-21(17(23)13-22)12-14-8-5-6-9-16(14)19/h5-6,8-9,15H,3-4,7,10-13H2,1-2H3,(H,20,24)/t15-/m0/s1. The van der Waals surface area contributed by atoms with Gasteiger partial charge < -0.3 is 15.1 Å². The predicted molar refractivity (Wildman–Crippen MR) is 90.9 cm³/mol. The highest BCUT2D eigenvalue weighted by Gasteiger charge is 2.28. The van der Waals surface area contributed by atoms with Gasteiger partial charge in [-0.3, -0.25) is 4.79 Å². The highest BCUT2D eigenvalue weighted by atomic mass is 19.1. The maximum atomic E-state index is 13.7. The molecule has 0 spiro atoms. The summed E-state index contributed by atoms with van der Waals surface area (Å²) in [5.74, 6) is -0.459. The Hall–Kier alpha value is -2.11. The van der Waals surface area contributed by atoms with Gasteiger partial charge in [-0.15, -0.1) is 0 Å². The molecule has 0 bridgehead atoms. The molecular formula is C18H26FN3O2. The Morgan fingerprint density at radius 1 is 1.29 bits per heavy atom. The molecule has 5 nitrogen and oxygen atoms in total. The Kier molecular flexibility index (Phi) is 6.58. The Morgan fingerprint density at radius 3 is 2.67 bits per heavy atom. The zero-order valence-electron chi connectivity index (χ0n) is 14.4. The first kappa shape index (κ1) is 18.2. The van der Waals surface area contributed by atoms with Gasteiger partial charge >= 0.3 is 6.03 Å². The Bertz CT molecular complexity index is 579. The Morgan fingerprint density at radius 2 is 2.04 bits per heavy atom. The largest absolute Gasteiger partial charge is 0.335 e. The van der Waals surface area contributed by atoms with Crippen molar-refractivity contribution >= 4 is 11.9 Å². The number of carbonyl (C=O) groups is 2. The van der Waals surface area contributed by atoms with E-state index in [0.29, 0.717) is 18.7 Å². The van der Waals surface area contributed by atoms with Crippen LogP contribution in [0, 0.1) is 5.82 Å². The number of urea groups is 1. The van der Waals surface area contributed by atoms with Crippen LogP contribution in [0.4, 0.5) is 9.18 Å². The molecule has 1 N–H and O–H groups in total. The van der Waals surface area contributed by atoms with Crippen LogP contribution < -0.4 is 5.32 Å². The van der Waals surface area contributed by atoms with Crippen LogP contribution in [-0.2, 0) is 11.3 Å². The fraction of sp³-hybridized carbons (Fsp3) is 0.556.